The lowest BCUT2D eigenvalue weighted by molar-refractivity contribution is 0.0921. The van der Waals surface area contributed by atoms with Crippen LogP contribution in [-0.2, 0) is 10.1 Å². The quantitative estimate of drug-likeness (QED) is 0.566. The zero-order chi connectivity index (χ0) is 17.7. The van der Waals surface area contributed by atoms with Crippen molar-refractivity contribution in [1.82, 2.24) is 0 Å². The number of Topliss-reactive ketones (excluding diaryl/α,β-unsaturated/α-hetero) is 1. The molecule has 1 unspecified atom stereocenters. The molecule has 24 heavy (non-hydrogen) atoms. The Morgan fingerprint density at radius 2 is 1.83 bits per heavy atom. The van der Waals surface area contributed by atoms with Crippen LogP contribution in [0.15, 0.2) is 53.4 Å². The zero-order valence-electron chi connectivity index (χ0n) is 13.6. The molecule has 2 aromatic carbocycles. The molecule has 0 saturated heterocycles. The minimum Gasteiger partial charge on any atom is -0.744 e. The number of hydrogen-bond donors (Lipinski definition) is 0. The molecule has 0 aliphatic rings. The molecule has 0 saturated carbocycles. The molecule has 0 aliphatic carbocycles. The molecule has 5 nitrogen and oxygen atoms in total. The van der Waals surface area contributed by atoms with Gasteiger partial charge in [0.25, 0.3) is 0 Å². The maximum atomic E-state index is 12.1. The van der Waals surface area contributed by atoms with Gasteiger partial charge < -0.3 is 9.29 Å². The van der Waals surface area contributed by atoms with Crippen LogP contribution in [0.1, 0.15) is 42.1 Å². The van der Waals surface area contributed by atoms with Crippen molar-refractivity contribution in [2.45, 2.75) is 31.1 Å². The van der Waals surface area contributed by atoms with Crippen molar-refractivity contribution < 1.29 is 22.5 Å². The zero-order valence-corrected chi connectivity index (χ0v) is 14.4. The first-order chi connectivity index (χ1) is 11.3. The van der Waals surface area contributed by atoms with E-state index >= 15 is 0 Å². The van der Waals surface area contributed by atoms with Gasteiger partial charge in [-0.1, -0.05) is 38.1 Å². The lowest BCUT2D eigenvalue weighted by atomic mass is 9.99. The number of hydrogen-bond acceptors (Lipinski definition) is 5. The van der Waals surface area contributed by atoms with Crippen molar-refractivity contribution in [3.05, 3.63) is 59.7 Å². The first kappa shape index (κ1) is 18.2. The smallest absolute Gasteiger partial charge is 0.200 e. The Morgan fingerprint density at radius 1 is 1.17 bits per heavy atom. The third-order valence-electron chi connectivity index (χ3n) is 3.87. The first-order valence-electron chi connectivity index (χ1n) is 7.63. The van der Waals surface area contributed by atoms with Crippen molar-refractivity contribution in [2.24, 2.45) is 0 Å². The summed E-state index contributed by atoms with van der Waals surface area (Å²) in [5.74, 6) is 0.726. The van der Waals surface area contributed by atoms with Gasteiger partial charge in [0, 0.05) is 5.56 Å². The van der Waals surface area contributed by atoms with Gasteiger partial charge in [0.2, 0.25) is 0 Å². The van der Waals surface area contributed by atoms with Crippen LogP contribution in [-0.4, -0.2) is 25.4 Å². The molecule has 0 bridgehead atoms. The summed E-state index contributed by atoms with van der Waals surface area (Å²) < 4.78 is 38.1. The summed E-state index contributed by atoms with van der Waals surface area (Å²) in [4.78, 5) is 11.7. The Balaban J connectivity index is 2.03. The average molecular weight is 347 g/mol. The van der Waals surface area contributed by atoms with E-state index in [0.717, 1.165) is 24.1 Å². The monoisotopic (exact) mass is 347 g/mol. The third kappa shape index (κ3) is 4.66. The highest BCUT2D eigenvalue weighted by Gasteiger charge is 2.10. The lowest BCUT2D eigenvalue weighted by Gasteiger charge is -2.12. The van der Waals surface area contributed by atoms with Crippen LogP contribution >= 0.6 is 0 Å². The number of benzene rings is 2. The second kappa shape index (κ2) is 7.59. The van der Waals surface area contributed by atoms with Gasteiger partial charge >= 0.3 is 0 Å². The fourth-order valence-electron chi connectivity index (χ4n) is 2.19. The highest BCUT2D eigenvalue weighted by Crippen LogP contribution is 2.23. The largest absolute Gasteiger partial charge is 0.744 e. The van der Waals surface area contributed by atoms with E-state index in [-0.39, 0.29) is 17.3 Å². The second-order valence-corrected chi connectivity index (χ2v) is 6.95. The number of carbonyl (C=O) groups is 1. The summed E-state index contributed by atoms with van der Waals surface area (Å²) >= 11 is 0. The number of ketones is 1. The predicted molar refractivity (Wildman–Crippen MR) is 89.4 cm³/mol. The van der Waals surface area contributed by atoms with Gasteiger partial charge in [-0.25, -0.2) is 8.42 Å². The van der Waals surface area contributed by atoms with E-state index in [9.17, 15) is 17.8 Å². The molecule has 0 N–H and O–H groups in total. The third-order valence-corrected chi connectivity index (χ3v) is 4.72. The van der Waals surface area contributed by atoms with E-state index in [1.54, 1.807) is 6.07 Å². The Labute approximate surface area is 142 Å². The molecule has 128 valence electrons. The first-order valence-corrected chi connectivity index (χ1v) is 9.04. The highest BCUT2D eigenvalue weighted by atomic mass is 32.2. The van der Waals surface area contributed by atoms with Crippen molar-refractivity contribution in [3.63, 3.8) is 0 Å². The highest BCUT2D eigenvalue weighted by molar-refractivity contribution is 7.85. The number of ether oxygens (including phenoxy) is 1. The summed E-state index contributed by atoms with van der Waals surface area (Å²) in [6, 6.07) is 12.5. The molecule has 2 aromatic rings. The molecule has 6 heteroatoms. The SMILES string of the molecule is CCC(C)c1cccc(OCC(=O)c2ccc(S(=O)(=O)[O-])cc2)c1. The minimum absolute atomic E-state index is 0.159. The van der Waals surface area contributed by atoms with E-state index in [1.165, 1.54) is 12.1 Å². The summed E-state index contributed by atoms with van der Waals surface area (Å²) in [5, 5.41) is 0. The summed E-state index contributed by atoms with van der Waals surface area (Å²) in [7, 11) is -4.51. The van der Waals surface area contributed by atoms with E-state index in [1.807, 2.05) is 18.2 Å². The molecular weight excluding hydrogens is 328 g/mol. The van der Waals surface area contributed by atoms with Crippen LogP contribution in [0.25, 0.3) is 0 Å². The fraction of sp³-hybridized carbons (Fsp3) is 0.278. The maximum Gasteiger partial charge on any atom is 0.200 e. The van der Waals surface area contributed by atoms with Crippen LogP contribution in [0.3, 0.4) is 0 Å². The van der Waals surface area contributed by atoms with Crippen molar-refractivity contribution in [1.29, 1.82) is 0 Å². The van der Waals surface area contributed by atoms with E-state index in [2.05, 4.69) is 13.8 Å². The molecule has 0 heterocycles. The van der Waals surface area contributed by atoms with Gasteiger partial charge in [-0.3, -0.25) is 4.79 Å². The standard InChI is InChI=1S/C18H20O5S/c1-3-13(2)15-5-4-6-16(11-15)23-12-18(19)14-7-9-17(10-8-14)24(20,21)22/h4-11,13H,3,12H2,1-2H3,(H,20,21,22)/p-1. The Hall–Kier alpha value is -2.18. The molecule has 1 atom stereocenters. The lowest BCUT2D eigenvalue weighted by Crippen LogP contribution is -2.12. The second-order valence-electron chi connectivity index (χ2n) is 5.57. The topological polar surface area (TPSA) is 83.5 Å². The maximum absolute atomic E-state index is 12.1. The average Bonchev–Trinajstić information content (AvgIpc) is 2.58. The van der Waals surface area contributed by atoms with E-state index < -0.39 is 10.1 Å². The molecule has 2 rings (SSSR count). The summed E-state index contributed by atoms with van der Waals surface area (Å²) in [6.07, 6.45) is 1.01. The minimum atomic E-state index is -4.51. The van der Waals surface area contributed by atoms with Crippen LogP contribution in [0.2, 0.25) is 0 Å². The predicted octanol–water partition coefficient (Wildman–Crippen LogP) is 3.37. The van der Waals surface area contributed by atoms with Gasteiger partial charge in [-0.2, -0.15) is 0 Å². The molecule has 0 fully saturated rings. The van der Waals surface area contributed by atoms with Gasteiger partial charge in [0.1, 0.15) is 15.9 Å². The molecule has 0 aromatic heterocycles. The van der Waals surface area contributed by atoms with Gasteiger partial charge in [0.05, 0.1) is 4.90 Å². The Kier molecular flexibility index (Phi) is 5.75. The molecule has 0 amide bonds. The van der Waals surface area contributed by atoms with Gasteiger partial charge in [0.15, 0.2) is 12.4 Å². The van der Waals surface area contributed by atoms with Gasteiger partial charge in [-0.15, -0.1) is 0 Å². The van der Waals surface area contributed by atoms with Crippen LogP contribution in [0.4, 0.5) is 0 Å². The molecule has 0 aliphatic heterocycles. The Bertz CT molecular complexity index is 810. The Morgan fingerprint density at radius 3 is 2.42 bits per heavy atom. The van der Waals surface area contributed by atoms with E-state index in [4.69, 9.17) is 4.74 Å². The molecule has 0 radical (unpaired) electrons. The van der Waals surface area contributed by atoms with Crippen LogP contribution in [0, 0.1) is 0 Å². The molecular formula is C18H19O5S-. The van der Waals surface area contributed by atoms with Gasteiger partial charge in [-0.05, 0) is 42.2 Å². The van der Waals surface area contributed by atoms with Crippen LogP contribution < -0.4 is 4.74 Å². The summed E-state index contributed by atoms with van der Waals surface area (Å²) in [6.45, 7) is 4.07. The fourth-order valence-corrected chi connectivity index (χ4v) is 2.66. The number of carbonyl (C=O) groups excluding carboxylic acids is 1. The van der Waals surface area contributed by atoms with E-state index in [0.29, 0.717) is 17.2 Å². The van der Waals surface area contributed by atoms with Crippen molar-refractivity contribution >= 4 is 15.9 Å². The van der Waals surface area contributed by atoms with Crippen molar-refractivity contribution in [3.8, 4) is 5.75 Å². The normalized spacial score (nSPS) is 12.6. The van der Waals surface area contributed by atoms with Crippen molar-refractivity contribution in [2.75, 3.05) is 6.61 Å². The molecule has 0 spiro atoms. The van der Waals surface area contributed by atoms with Crippen LogP contribution in [0.5, 0.6) is 5.75 Å². The summed E-state index contributed by atoms with van der Waals surface area (Å²) in [5.41, 5.74) is 1.44. The number of rotatable bonds is 7.